The second-order valence-electron chi connectivity index (χ2n) is 8.98. The average molecular weight is 526 g/mol. The molecule has 0 bridgehead atoms. The van der Waals surface area contributed by atoms with Crippen LogP contribution in [-0.4, -0.2) is 79.9 Å². The predicted molar refractivity (Wildman–Crippen MR) is 128 cm³/mol. The van der Waals surface area contributed by atoms with E-state index in [1.165, 1.54) is 12.5 Å². The van der Waals surface area contributed by atoms with E-state index in [9.17, 15) is 33.9 Å². The number of carbonyl (C=O) groups is 6. The number of nitrogens with one attached hydrogen (secondary N) is 4. The van der Waals surface area contributed by atoms with Gasteiger partial charge in [0.15, 0.2) is 0 Å². The highest BCUT2D eigenvalue weighted by atomic mass is 16.4. The maximum atomic E-state index is 13.1. The number of primary amides is 1. The molecule has 0 aliphatic heterocycles. The number of nitrogens with zero attached hydrogens (tertiary/aromatic N) is 1. The molecule has 15 nitrogen and oxygen atoms in total. The summed E-state index contributed by atoms with van der Waals surface area (Å²) in [6.45, 7) is 3.54. The third-order valence-corrected chi connectivity index (χ3v) is 5.25. The second-order valence-corrected chi connectivity index (χ2v) is 8.98. The van der Waals surface area contributed by atoms with E-state index in [0.29, 0.717) is 5.69 Å². The molecule has 4 amide bonds. The molecule has 0 spiro atoms. The van der Waals surface area contributed by atoms with E-state index in [1.807, 2.05) is 0 Å². The number of carbonyl (C=O) groups excluding carboxylic acids is 4. The minimum atomic E-state index is -1.49. The Balaban J connectivity index is 2.98. The zero-order chi connectivity index (χ0) is 28.1. The number of aromatic amines is 1. The highest BCUT2D eigenvalue weighted by Gasteiger charge is 2.31. The topological polar surface area (TPSA) is 260 Å². The van der Waals surface area contributed by atoms with Crippen molar-refractivity contribution in [2.24, 2.45) is 17.4 Å². The van der Waals surface area contributed by atoms with Crippen molar-refractivity contribution >= 4 is 35.6 Å². The van der Waals surface area contributed by atoms with Crippen LogP contribution in [0.2, 0.25) is 0 Å². The van der Waals surface area contributed by atoms with Crippen LogP contribution < -0.4 is 27.4 Å². The largest absolute Gasteiger partial charge is 0.481 e. The van der Waals surface area contributed by atoms with Crippen LogP contribution in [0.5, 0.6) is 0 Å². The van der Waals surface area contributed by atoms with Gasteiger partial charge in [-0.05, 0) is 25.2 Å². The molecule has 0 aliphatic rings. The number of imidazole rings is 1. The number of hydrogen-bond donors (Lipinski definition) is 8. The number of rotatable bonds is 17. The van der Waals surface area contributed by atoms with Gasteiger partial charge >= 0.3 is 11.9 Å². The SMILES string of the molecule is CC(C)CC(NC(=O)C(CCC(N)=O)NC(=O)C(N)Cc1cnc[nH]1)C(=O)NC(CCC(=O)O)C(=O)O. The Morgan fingerprint density at radius 2 is 1.49 bits per heavy atom. The molecule has 206 valence electrons. The third-order valence-electron chi connectivity index (χ3n) is 5.25. The minimum absolute atomic E-state index is 0.0985. The van der Waals surface area contributed by atoms with Gasteiger partial charge in [0.2, 0.25) is 23.6 Å². The van der Waals surface area contributed by atoms with Gasteiger partial charge in [0.05, 0.1) is 12.4 Å². The fourth-order valence-electron chi connectivity index (χ4n) is 3.33. The monoisotopic (exact) mass is 525 g/mol. The summed E-state index contributed by atoms with van der Waals surface area (Å²) in [6, 6.07) is -5.01. The van der Waals surface area contributed by atoms with Crippen LogP contribution in [0, 0.1) is 5.92 Å². The number of hydrogen-bond acceptors (Lipinski definition) is 8. The third kappa shape index (κ3) is 12.0. The zero-order valence-corrected chi connectivity index (χ0v) is 20.7. The summed E-state index contributed by atoms with van der Waals surface area (Å²) in [5, 5.41) is 25.3. The van der Waals surface area contributed by atoms with Crippen LogP contribution in [0.1, 0.15) is 51.6 Å². The van der Waals surface area contributed by atoms with Gasteiger partial charge in [0, 0.05) is 31.2 Å². The Labute approximate surface area is 213 Å². The first-order valence-corrected chi connectivity index (χ1v) is 11.7. The molecule has 37 heavy (non-hydrogen) atoms. The lowest BCUT2D eigenvalue weighted by Gasteiger charge is -2.26. The van der Waals surface area contributed by atoms with Crippen molar-refractivity contribution < 1.29 is 39.0 Å². The van der Waals surface area contributed by atoms with Crippen LogP contribution in [0.25, 0.3) is 0 Å². The minimum Gasteiger partial charge on any atom is -0.481 e. The second kappa shape index (κ2) is 15.2. The molecule has 0 saturated carbocycles. The highest BCUT2D eigenvalue weighted by molar-refractivity contribution is 5.94. The molecule has 0 aromatic carbocycles. The van der Waals surface area contributed by atoms with Gasteiger partial charge in [0.1, 0.15) is 18.1 Å². The molecule has 0 saturated heterocycles. The van der Waals surface area contributed by atoms with Crippen LogP contribution in [0.15, 0.2) is 12.5 Å². The number of H-pyrrole nitrogens is 1. The molecule has 1 rings (SSSR count). The molecule has 4 atom stereocenters. The van der Waals surface area contributed by atoms with Crippen molar-refractivity contribution in [2.75, 3.05) is 0 Å². The summed E-state index contributed by atoms with van der Waals surface area (Å²) in [5.74, 6) is -5.82. The summed E-state index contributed by atoms with van der Waals surface area (Å²) in [6.07, 6.45) is 1.85. The molecule has 0 aliphatic carbocycles. The molecular formula is C22H35N7O8. The fourth-order valence-corrected chi connectivity index (χ4v) is 3.33. The number of nitrogens with two attached hydrogens (primary N) is 2. The van der Waals surface area contributed by atoms with Gasteiger partial charge in [-0.25, -0.2) is 9.78 Å². The Hall–Kier alpha value is -4.01. The molecule has 0 radical (unpaired) electrons. The molecule has 1 aromatic heterocycles. The van der Waals surface area contributed by atoms with Gasteiger partial charge in [0.25, 0.3) is 0 Å². The van der Waals surface area contributed by atoms with Crippen molar-refractivity contribution in [3.63, 3.8) is 0 Å². The Morgan fingerprint density at radius 1 is 0.919 bits per heavy atom. The summed E-state index contributed by atoms with van der Waals surface area (Å²) >= 11 is 0. The summed E-state index contributed by atoms with van der Waals surface area (Å²) in [7, 11) is 0. The van der Waals surface area contributed by atoms with Gasteiger partial charge < -0.3 is 42.6 Å². The van der Waals surface area contributed by atoms with E-state index in [2.05, 4.69) is 25.9 Å². The maximum Gasteiger partial charge on any atom is 0.326 e. The number of aromatic nitrogens is 2. The molecule has 1 aromatic rings. The summed E-state index contributed by atoms with van der Waals surface area (Å²) < 4.78 is 0. The van der Waals surface area contributed by atoms with Gasteiger partial charge in [-0.3, -0.25) is 24.0 Å². The van der Waals surface area contributed by atoms with Crippen LogP contribution in [0.4, 0.5) is 0 Å². The zero-order valence-electron chi connectivity index (χ0n) is 20.7. The summed E-state index contributed by atoms with van der Waals surface area (Å²) in [4.78, 5) is 78.7. The molecule has 4 unspecified atom stereocenters. The Morgan fingerprint density at radius 3 is 2.00 bits per heavy atom. The van der Waals surface area contributed by atoms with E-state index < -0.39 is 66.2 Å². The fraction of sp³-hybridized carbons (Fsp3) is 0.591. The van der Waals surface area contributed by atoms with Crippen molar-refractivity contribution in [2.45, 2.75) is 76.5 Å². The molecule has 15 heteroatoms. The van der Waals surface area contributed by atoms with E-state index in [-0.39, 0.29) is 38.0 Å². The van der Waals surface area contributed by atoms with E-state index >= 15 is 0 Å². The molecule has 0 fully saturated rings. The first kappa shape index (κ1) is 31.0. The maximum absolute atomic E-state index is 13.1. The van der Waals surface area contributed by atoms with E-state index in [4.69, 9.17) is 16.6 Å². The van der Waals surface area contributed by atoms with Crippen molar-refractivity contribution in [3.05, 3.63) is 18.2 Å². The average Bonchev–Trinajstić information content (AvgIpc) is 3.30. The van der Waals surface area contributed by atoms with E-state index in [1.54, 1.807) is 13.8 Å². The summed E-state index contributed by atoms with van der Waals surface area (Å²) in [5.41, 5.74) is 11.7. The van der Waals surface area contributed by atoms with Crippen molar-refractivity contribution in [3.8, 4) is 0 Å². The lowest BCUT2D eigenvalue weighted by atomic mass is 10.0. The molecule has 1 heterocycles. The normalized spacial score (nSPS) is 14.2. The first-order valence-electron chi connectivity index (χ1n) is 11.7. The number of aliphatic carboxylic acids is 2. The van der Waals surface area contributed by atoms with Crippen LogP contribution >= 0.6 is 0 Å². The number of carboxylic acid groups (broad SMARTS) is 2. The van der Waals surface area contributed by atoms with Gasteiger partial charge in [-0.2, -0.15) is 0 Å². The standard InChI is InChI=1S/C22H35N7O8/c1-11(2)7-16(21(35)28-15(22(36)37)4-6-18(31)32)29-20(34)14(3-5-17(24)30)27-19(33)13(23)8-12-9-25-10-26-12/h9-11,13-16H,3-8,23H2,1-2H3,(H2,24,30)(H,25,26)(H,27,33)(H,28,35)(H,29,34)(H,31,32)(H,36,37). The highest BCUT2D eigenvalue weighted by Crippen LogP contribution is 2.09. The van der Waals surface area contributed by atoms with Gasteiger partial charge in [-0.1, -0.05) is 13.8 Å². The first-order chi connectivity index (χ1) is 17.3. The van der Waals surface area contributed by atoms with Crippen molar-refractivity contribution in [1.82, 2.24) is 25.9 Å². The van der Waals surface area contributed by atoms with Crippen molar-refractivity contribution in [1.29, 1.82) is 0 Å². The predicted octanol–water partition coefficient (Wildman–Crippen LogP) is -2.01. The van der Waals surface area contributed by atoms with Crippen LogP contribution in [-0.2, 0) is 35.2 Å². The number of carboxylic acids is 2. The molecule has 10 N–H and O–H groups in total. The lowest BCUT2D eigenvalue weighted by Crippen LogP contribution is -2.57. The van der Waals surface area contributed by atoms with E-state index in [0.717, 1.165) is 0 Å². The lowest BCUT2D eigenvalue weighted by molar-refractivity contribution is -0.143. The van der Waals surface area contributed by atoms with Crippen LogP contribution in [0.3, 0.4) is 0 Å². The quantitative estimate of drug-likeness (QED) is 0.111. The Kier molecular flexibility index (Phi) is 12.7. The molecular weight excluding hydrogens is 490 g/mol. The van der Waals surface area contributed by atoms with Gasteiger partial charge in [-0.15, -0.1) is 0 Å². The Bertz CT molecular complexity index is 951. The number of amides is 4. The smallest absolute Gasteiger partial charge is 0.326 e.